The standard InChI is InChI=1S/C18H21NO/c1-20-18-8-4-3-7-17(18)15-9-11-16(12-10-15)19-13-5-2-6-14-19/h3-4,7-12H,2,5-6,13-14H2,1H3. The molecule has 0 unspecified atom stereocenters. The van der Waals surface area contributed by atoms with Crippen molar-refractivity contribution in [1.29, 1.82) is 0 Å². The van der Waals surface area contributed by atoms with Crippen LogP contribution >= 0.6 is 0 Å². The predicted octanol–water partition coefficient (Wildman–Crippen LogP) is 4.35. The molecule has 2 aromatic rings. The first-order valence-electron chi connectivity index (χ1n) is 7.37. The molecule has 1 aliphatic heterocycles. The van der Waals surface area contributed by atoms with E-state index >= 15 is 0 Å². The fourth-order valence-electron chi connectivity index (χ4n) is 2.89. The van der Waals surface area contributed by atoms with Gasteiger partial charge in [-0.25, -0.2) is 0 Å². The molecule has 2 aromatic carbocycles. The van der Waals surface area contributed by atoms with E-state index in [9.17, 15) is 0 Å². The molecular weight excluding hydrogens is 246 g/mol. The average Bonchev–Trinajstić information content (AvgIpc) is 2.56. The van der Waals surface area contributed by atoms with Gasteiger partial charge in [-0.05, 0) is 43.0 Å². The Morgan fingerprint density at radius 2 is 1.55 bits per heavy atom. The molecule has 1 fully saturated rings. The Bertz CT molecular complexity index is 556. The van der Waals surface area contributed by atoms with Crippen LogP contribution in [0.2, 0.25) is 0 Å². The van der Waals surface area contributed by atoms with E-state index in [1.54, 1.807) is 7.11 Å². The fraction of sp³-hybridized carbons (Fsp3) is 0.333. The van der Waals surface area contributed by atoms with Crippen LogP contribution in [0.1, 0.15) is 19.3 Å². The highest BCUT2D eigenvalue weighted by atomic mass is 16.5. The molecule has 0 amide bonds. The number of methoxy groups -OCH3 is 1. The molecule has 0 spiro atoms. The van der Waals surface area contributed by atoms with Gasteiger partial charge in [-0.1, -0.05) is 30.3 Å². The first-order valence-corrected chi connectivity index (χ1v) is 7.37. The maximum Gasteiger partial charge on any atom is 0.126 e. The van der Waals surface area contributed by atoms with Gasteiger partial charge in [-0.2, -0.15) is 0 Å². The normalized spacial score (nSPS) is 15.2. The van der Waals surface area contributed by atoms with Crippen molar-refractivity contribution >= 4 is 5.69 Å². The van der Waals surface area contributed by atoms with E-state index in [1.807, 2.05) is 12.1 Å². The summed E-state index contributed by atoms with van der Waals surface area (Å²) in [5.74, 6) is 0.929. The number of piperidine rings is 1. The minimum absolute atomic E-state index is 0.929. The summed E-state index contributed by atoms with van der Waals surface area (Å²) in [6.45, 7) is 2.38. The van der Waals surface area contributed by atoms with E-state index < -0.39 is 0 Å². The average molecular weight is 267 g/mol. The number of hydrogen-bond acceptors (Lipinski definition) is 2. The van der Waals surface area contributed by atoms with Gasteiger partial charge < -0.3 is 9.64 Å². The Labute approximate surface area is 121 Å². The topological polar surface area (TPSA) is 12.5 Å². The SMILES string of the molecule is COc1ccccc1-c1ccc(N2CCCCC2)cc1. The molecule has 2 nitrogen and oxygen atoms in total. The van der Waals surface area contributed by atoms with Gasteiger partial charge in [0.1, 0.15) is 5.75 Å². The lowest BCUT2D eigenvalue weighted by Gasteiger charge is -2.28. The molecular formula is C18H21NO. The van der Waals surface area contributed by atoms with Crippen LogP contribution in [0.4, 0.5) is 5.69 Å². The molecule has 0 aromatic heterocycles. The molecule has 0 aliphatic carbocycles. The second-order valence-corrected chi connectivity index (χ2v) is 5.29. The lowest BCUT2D eigenvalue weighted by Crippen LogP contribution is -2.29. The first-order chi connectivity index (χ1) is 9.88. The smallest absolute Gasteiger partial charge is 0.126 e. The molecule has 1 saturated heterocycles. The van der Waals surface area contributed by atoms with Gasteiger partial charge in [0.15, 0.2) is 0 Å². The number of rotatable bonds is 3. The van der Waals surface area contributed by atoms with Gasteiger partial charge >= 0.3 is 0 Å². The third kappa shape index (κ3) is 2.64. The van der Waals surface area contributed by atoms with Crippen molar-refractivity contribution in [3.05, 3.63) is 48.5 Å². The second kappa shape index (κ2) is 6.00. The molecule has 1 heterocycles. The van der Waals surface area contributed by atoms with Crippen molar-refractivity contribution in [3.63, 3.8) is 0 Å². The second-order valence-electron chi connectivity index (χ2n) is 5.29. The van der Waals surface area contributed by atoms with Crippen LogP contribution in [-0.2, 0) is 0 Å². The molecule has 0 N–H and O–H groups in total. The van der Waals surface area contributed by atoms with Gasteiger partial charge in [-0.15, -0.1) is 0 Å². The van der Waals surface area contributed by atoms with E-state index in [4.69, 9.17) is 4.74 Å². The largest absolute Gasteiger partial charge is 0.496 e. The number of nitrogens with zero attached hydrogens (tertiary/aromatic N) is 1. The van der Waals surface area contributed by atoms with E-state index in [1.165, 1.54) is 43.6 Å². The Morgan fingerprint density at radius 3 is 2.25 bits per heavy atom. The zero-order chi connectivity index (χ0) is 13.8. The third-order valence-corrected chi connectivity index (χ3v) is 4.01. The number of anilines is 1. The van der Waals surface area contributed by atoms with E-state index in [2.05, 4.69) is 41.3 Å². The van der Waals surface area contributed by atoms with Crippen LogP contribution in [0, 0.1) is 0 Å². The molecule has 104 valence electrons. The van der Waals surface area contributed by atoms with Gasteiger partial charge in [0.2, 0.25) is 0 Å². The summed E-state index contributed by atoms with van der Waals surface area (Å²) in [7, 11) is 1.72. The van der Waals surface area contributed by atoms with E-state index in [0.29, 0.717) is 0 Å². The van der Waals surface area contributed by atoms with Crippen molar-refractivity contribution < 1.29 is 4.74 Å². The van der Waals surface area contributed by atoms with Crippen LogP contribution < -0.4 is 9.64 Å². The van der Waals surface area contributed by atoms with Crippen LogP contribution in [0.15, 0.2) is 48.5 Å². The Hall–Kier alpha value is -1.96. The Kier molecular flexibility index (Phi) is 3.91. The molecule has 0 radical (unpaired) electrons. The fourth-order valence-corrected chi connectivity index (χ4v) is 2.89. The van der Waals surface area contributed by atoms with E-state index in [0.717, 1.165) is 11.3 Å². The monoisotopic (exact) mass is 267 g/mol. The third-order valence-electron chi connectivity index (χ3n) is 4.01. The quantitative estimate of drug-likeness (QED) is 0.819. The number of hydrogen-bond donors (Lipinski definition) is 0. The van der Waals surface area contributed by atoms with Gasteiger partial charge in [-0.3, -0.25) is 0 Å². The molecule has 2 heteroatoms. The maximum absolute atomic E-state index is 5.44. The van der Waals surface area contributed by atoms with Crippen molar-refractivity contribution in [3.8, 4) is 16.9 Å². The summed E-state index contributed by atoms with van der Waals surface area (Å²) in [6, 6.07) is 17.0. The first kappa shape index (κ1) is 13.0. The Morgan fingerprint density at radius 1 is 0.850 bits per heavy atom. The molecule has 3 rings (SSSR count). The van der Waals surface area contributed by atoms with Crippen molar-refractivity contribution in [1.82, 2.24) is 0 Å². The van der Waals surface area contributed by atoms with Crippen molar-refractivity contribution in [2.24, 2.45) is 0 Å². The molecule has 0 atom stereocenters. The lowest BCUT2D eigenvalue weighted by molar-refractivity contribution is 0.416. The van der Waals surface area contributed by atoms with Gasteiger partial charge in [0.05, 0.1) is 7.11 Å². The summed E-state index contributed by atoms with van der Waals surface area (Å²) >= 11 is 0. The molecule has 0 bridgehead atoms. The van der Waals surface area contributed by atoms with Crippen LogP contribution in [-0.4, -0.2) is 20.2 Å². The number of ether oxygens (including phenoxy) is 1. The van der Waals surface area contributed by atoms with E-state index in [-0.39, 0.29) is 0 Å². The molecule has 20 heavy (non-hydrogen) atoms. The van der Waals surface area contributed by atoms with Crippen molar-refractivity contribution in [2.75, 3.05) is 25.1 Å². The zero-order valence-corrected chi connectivity index (χ0v) is 12.0. The number of benzene rings is 2. The van der Waals surface area contributed by atoms with Crippen LogP contribution in [0.25, 0.3) is 11.1 Å². The Balaban J connectivity index is 1.85. The minimum Gasteiger partial charge on any atom is -0.496 e. The predicted molar refractivity (Wildman–Crippen MR) is 84.5 cm³/mol. The zero-order valence-electron chi connectivity index (χ0n) is 12.0. The highest BCUT2D eigenvalue weighted by molar-refractivity contribution is 5.72. The summed E-state index contributed by atoms with van der Waals surface area (Å²) in [6.07, 6.45) is 4.00. The molecule has 1 aliphatic rings. The van der Waals surface area contributed by atoms with Gasteiger partial charge in [0.25, 0.3) is 0 Å². The van der Waals surface area contributed by atoms with Crippen LogP contribution in [0.5, 0.6) is 5.75 Å². The van der Waals surface area contributed by atoms with Crippen LogP contribution in [0.3, 0.4) is 0 Å². The number of para-hydroxylation sites is 1. The van der Waals surface area contributed by atoms with Gasteiger partial charge in [0, 0.05) is 24.3 Å². The summed E-state index contributed by atoms with van der Waals surface area (Å²) < 4.78 is 5.44. The summed E-state index contributed by atoms with van der Waals surface area (Å²) in [5, 5.41) is 0. The minimum atomic E-state index is 0.929. The summed E-state index contributed by atoms with van der Waals surface area (Å²) in [4.78, 5) is 2.48. The molecule has 0 saturated carbocycles. The highest BCUT2D eigenvalue weighted by Gasteiger charge is 2.11. The summed E-state index contributed by atoms with van der Waals surface area (Å²) in [5.41, 5.74) is 3.70. The lowest BCUT2D eigenvalue weighted by atomic mass is 10.0. The highest BCUT2D eigenvalue weighted by Crippen LogP contribution is 2.31. The van der Waals surface area contributed by atoms with Crippen molar-refractivity contribution in [2.45, 2.75) is 19.3 Å². The maximum atomic E-state index is 5.44.